The number of amides is 1. The van der Waals surface area contributed by atoms with Crippen molar-refractivity contribution in [2.45, 2.75) is 56.7 Å². The van der Waals surface area contributed by atoms with Crippen LogP contribution in [-0.4, -0.2) is 22.8 Å². The lowest BCUT2D eigenvalue weighted by atomic mass is 9.87. The minimum atomic E-state index is -0.464. The molecular formula is C14H21ClN2OS. The van der Waals surface area contributed by atoms with Crippen molar-refractivity contribution in [3.63, 3.8) is 0 Å². The fourth-order valence-corrected chi connectivity index (χ4v) is 3.42. The maximum atomic E-state index is 11.3. The van der Waals surface area contributed by atoms with Gasteiger partial charge in [0.1, 0.15) is 5.38 Å². The predicted octanol–water partition coefficient (Wildman–Crippen LogP) is 3.48. The molecule has 106 valence electrons. The van der Waals surface area contributed by atoms with Crippen LogP contribution in [0.2, 0.25) is 0 Å². The van der Waals surface area contributed by atoms with Crippen molar-refractivity contribution in [1.29, 1.82) is 0 Å². The van der Waals surface area contributed by atoms with E-state index in [1.165, 1.54) is 37.8 Å². The van der Waals surface area contributed by atoms with Crippen LogP contribution in [0.15, 0.2) is 5.38 Å². The predicted molar refractivity (Wildman–Crippen MR) is 80.0 cm³/mol. The number of carbonyl (C=O) groups excluding carboxylic acids is 1. The van der Waals surface area contributed by atoms with Crippen LogP contribution >= 0.6 is 22.9 Å². The van der Waals surface area contributed by atoms with Crippen LogP contribution in [0.4, 0.5) is 0 Å². The summed E-state index contributed by atoms with van der Waals surface area (Å²) in [6, 6.07) is 0. The molecule has 0 saturated heterocycles. The summed E-state index contributed by atoms with van der Waals surface area (Å²) in [5.41, 5.74) is 1.26. The lowest BCUT2D eigenvalue weighted by Gasteiger charge is -2.19. The number of aromatic nitrogens is 1. The molecule has 1 aliphatic rings. The molecule has 0 spiro atoms. The zero-order valence-corrected chi connectivity index (χ0v) is 12.9. The van der Waals surface area contributed by atoms with Crippen LogP contribution in [0.3, 0.4) is 0 Å². The molecule has 3 nitrogen and oxygen atoms in total. The molecule has 1 saturated carbocycles. The van der Waals surface area contributed by atoms with Gasteiger partial charge in [0.05, 0.1) is 10.7 Å². The van der Waals surface area contributed by atoms with Crippen LogP contribution in [-0.2, 0) is 11.2 Å². The summed E-state index contributed by atoms with van der Waals surface area (Å²) in [6.07, 6.45) is 7.40. The molecule has 1 N–H and O–H groups in total. The van der Waals surface area contributed by atoms with Crippen LogP contribution < -0.4 is 5.32 Å². The van der Waals surface area contributed by atoms with Gasteiger partial charge in [0, 0.05) is 24.3 Å². The van der Waals surface area contributed by atoms with Crippen molar-refractivity contribution in [3.05, 3.63) is 16.1 Å². The van der Waals surface area contributed by atoms with Gasteiger partial charge in [-0.25, -0.2) is 4.98 Å². The Morgan fingerprint density at radius 2 is 2.26 bits per heavy atom. The standard InChI is InChI=1S/C14H21ClN2OS/c1-10(15)14(18)16-8-7-13-17-12(9-19-13)11-5-3-2-4-6-11/h9-11H,2-8H2,1H3,(H,16,18). The molecule has 1 atom stereocenters. The van der Waals surface area contributed by atoms with E-state index in [-0.39, 0.29) is 5.91 Å². The number of hydrogen-bond donors (Lipinski definition) is 1. The smallest absolute Gasteiger partial charge is 0.237 e. The molecule has 0 aromatic carbocycles. The number of rotatable bonds is 5. The highest BCUT2D eigenvalue weighted by Crippen LogP contribution is 2.32. The summed E-state index contributed by atoms with van der Waals surface area (Å²) in [5.74, 6) is 0.557. The van der Waals surface area contributed by atoms with E-state index < -0.39 is 5.38 Å². The van der Waals surface area contributed by atoms with Crippen LogP contribution in [0.5, 0.6) is 0 Å². The zero-order chi connectivity index (χ0) is 13.7. The van der Waals surface area contributed by atoms with E-state index in [9.17, 15) is 4.79 Å². The van der Waals surface area contributed by atoms with Gasteiger partial charge in [-0.15, -0.1) is 22.9 Å². The van der Waals surface area contributed by atoms with Crippen LogP contribution in [0.1, 0.15) is 55.6 Å². The molecule has 1 amide bonds. The van der Waals surface area contributed by atoms with Crippen molar-refractivity contribution >= 4 is 28.8 Å². The molecule has 2 rings (SSSR count). The maximum Gasteiger partial charge on any atom is 0.237 e. The average Bonchev–Trinajstić information content (AvgIpc) is 2.88. The molecule has 1 aliphatic carbocycles. The second kappa shape index (κ2) is 7.25. The van der Waals surface area contributed by atoms with Gasteiger partial charge in [-0.05, 0) is 19.8 Å². The van der Waals surface area contributed by atoms with E-state index in [2.05, 4.69) is 10.7 Å². The quantitative estimate of drug-likeness (QED) is 0.846. The average molecular weight is 301 g/mol. The molecule has 0 aliphatic heterocycles. The Bertz CT molecular complexity index is 413. The van der Waals surface area contributed by atoms with Gasteiger partial charge in [-0.2, -0.15) is 0 Å². The number of halogens is 1. The van der Waals surface area contributed by atoms with E-state index in [1.807, 2.05) is 0 Å². The summed E-state index contributed by atoms with van der Waals surface area (Å²) in [5, 5.41) is 5.66. The minimum Gasteiger partial charge on any atom is -0.354 e. The number of hydrogen-bond acceptors (Lipinski definition) is 3. The SMILES string of the molecule is CC(Cl)C(=O)NCCc1nc(C2CCCCC2)cs1. The number of nitrogens with zero attached hydrogens (tertiary/aromatic N) is 1. The second-order valence-corrected chi connectivity index (χ2v) is 6.76. The largest absolute Gasteiger partial charge is 0.354 e. The molecule has 1 aromatic rings. The lowest BCUT2D eigenvalue weighted by molar-refractivity contribution is -0.120. The van der Waals surface area contributed by atoms with Crippen LogP contribution in [0, 0.1) is 0 Å². The van der Waals surface area contributed by atoms with Crippen LogP contribution in [0.25, 0.3) is 0 Å². The lowest BCUT2D eigenvalue weighted by Crippen LogP contribution is -2.31. The monoisotopic (exact) mass is 300 g/mol. The first-order valence-corrected chi connectivity index (χ1v) is 8.34. The normalized spacial score (nSPS) is 18.2. The van der Waals surface area contributed by atoms with E-state index in [1.54, 1.807) is 18.3 Å². The molecule has 0 radical (unpaired) electrons. The van der Waals surface area contributed by atoms with Gasteiger partial charge >= 0.3 is 0 Å². The Labute approximate surface area is 123 Å². The second-order valence-electron chi connectivity index (χ2n) is 5.16. The van der Waals surface area contributed by atoms with E-state index in [4.69, 9.17) is 16.6 Å². The first-order chi connectivity index (χ1) is 9.16. The molecule has 1 unspecified atom stereocenters. The van der Waals surface area contributed by atoms with Crippen molar-refractivity contribution in [1.82, 2.24) is 10.3 Å². The molecular weight excluding hydrogens is 280 g/mol. The zero-order valence-electron chi connectivity index (χ0n) is 11.3. The summed E-state index contributed by atoms with van der Waals surface area (Å²) < 4.78 is 0. The summed E-state index contributed by atoms with van der Waals surface area (Å²) in [7, 11) is 0. The molecule has 1 aromatic heterocycles. The highest BCUT2D eigenvalue weighted by atomic mass is 35.5. The highest BCUT2D eigenvalue weighted by Gasteiger charge is 2.18. The maximum absolute atomic E-state index is 11.3. The Morgan fingerprint density at radius 3 is 2.95 bits per heavy atom. The fourth-order valence-electron chi connectivity index (χ4n) is 2.46. The molecule has 19 heavy (non-hydrogen) atoms. The minimum absolute atomic E-state index is 0.106. The summed E-state index contributed by atoms with van der Waals surface area (Å²) >= 11 is 7.40. The van der Waals surface area contributed by atoms with Crippen molar-refractivity contribution in [3.8, 4) is 0 Å². The third-order valence-corrected chi connectivity index (χ3v) is 4.72. The molecule has 0 bridgehead atoms. The van der Waals surface area contributed by atoms with E-state index >= 15 is 0 Å². The Hall–Kier alpha value is -0.610. The van der Waals surface area contributed by atoms with Crippen molar-refractivity contribution in [2.24, 2.45) is 0 Å². The third-order valence-electron chi connectivity index (χ3n) is 3.59. The Balaban J connectivity index is 1.79. The Morgan fingerprint density at radius 1 is 1.53 bits per heavy atom. The number of nitrogens with one attached hydrogen (secondary N) is 1. The number of thiazole rings is 1. The third kappa shape index (κ3) is 4.46. The van der Waals surface area contributed by atoms with Gasteiger partial charge in [0.25, 0.3) is 0 Å². The van der Waals surface area contributed by atoms with Crippen molar-refractivity contribution < 1.29 is 4.79 Å². The van der Waals surface area contributed by atoms with Gasteiger partial charge in [0.15, 0.2) is 0 Å². The number of alkyl halides is 1. The topological polar surface area (TPSA) is 42.0 Å². The highest BCUT2D eigenvalue weighted by molar-refractivity contribution is 7.09. The first kappa shape index (κ1) is 14.8. The molecule has 1 fully saturated rings. The molecule has 1 heterocycles. The van der Waals surface area contributed by atoms with E-state index in [0.29, 0.717) is 12.5 Å². The number of carbonyl (C=O) groups is 1. The fraction of sp³-hybridized carbons (Fsp3) is 0.714. The van der Waals surface area contributed by atoms with Gasteiger partial charge in [-0.3, -0.25) is 4.79 Å². The summed E-state index contributed by atoms with van der Waals surface area (Å²) in [4.78, 5) is 16.0. The van der Waals surface area contributed by atoms with Gasteiger partial charge in [0.2, 0.25) is 5.91 Å². The first-order valence-electron chi connectivity index (χ1n) is 7.03. The van der Waals surface area contributed by atoms with Gasteiger partial charge < -0.3 is 5.32 Å². The van der Waals surface area contributed by atoms with E-state index in [0.717, 1.165) is 11.4 Å². The Kier molecular flexibility index (Phi) is 5.64. The van der Waals surface area contributed by atoms with Gasteiger partial charge in [-0.1, -0.05) is 19.3 Å². The summed E-state index contributed by atoms with van der Waals surface area (Å²) in [6.45, 7) is 2.30. The molecule has 5 heteroatoms. The van der Waals surface area contributed by atoms with Crippen molar-refractivity contribution in [2.75, 3.05) is 6.54 Å².